The Balaban J connectivity index is 1.56. The van der Waals surface area contributed by atoms with E-state index in [9.17, 15) is 4.79 Å². The van der Waals surface area contributed by atoms with Gasteiger partial charge in [0.2, 0.25) is 0 Å². The Morgan fingerprint density at radius 3 is 2.80 bits per heavy atom. The van der Waals surface area contributed by atoms with Crippen molar-refractivity contribution in [2.75, 3.05) is 13.2 Å². The largest absolute Gasteiger partial charge is 0.486 e. The third-order valence-corrected chi connectivity index (χ3v) is 3.02. The number of fused-ring (bicyclic) bond motifs is 1. The molecule has 1 aromatic heterocycles. The molecule has 2 heterocycles. The molecule has 3 rings (SSSR count). The lowest BCUT2D eigenvalue weighted by atomic mass is 10.2. The molecule has 0 saturated carbocycles. The van der Waals surface area contributed by atoms with Crippen LogP contribution in [-0.2, 0) is 0 Å². The number of carbonyl (C=O) groups is 1. The van der Waals surface area contributed by atoms with Crippen molar-refractivity contribution >= 4 is 5.91 Å². The monoisotopic (exact) mass is 273 g/mol. The molecule has 1 N–H and O–H groups in total. The normalized spacial score (nSPS) is 16.8. The summed E-state index contributed by atoms with van der Waals surface area (Å²) in [5.74, 6) is 2.20. The highest BCUT2D eigenvalue weighted by Gasteiger charge is 2.21. The molecule has 0 saturated heterocycles. The lowest BCUT2D eigenvalue weighted by molar-refractivity contribution is 0.0772. The molecule has 1 aromatic carbocycles. The SMILES string of the molecule is Cc1ccc(C(=O)NC[C@H]2COc3ccccc3O2)o1. The zero-order chi connectivity index (χ0) is 13.9. The van der Waals surface area contributed by atoms with E-state index in [0.717, 1.165) is 5.75 Å². The van der Waals surface area contributed by atoms with Crippen molar-refractivity contribution in [3.63, 3.8) is 0 Å². The van der Waals surface area contributed by atoms with Gasteiger partial charge < -0.3 is 19.2 Å². The molecule has 0 aliphatic carbocycles. The minimum absolute atomic E-state index is 0.204. The van der Waals surface area contributed by atoms with Gasteiger partial charge in [-0.25, -0.2) is 0 Å². The summed E-state index contributed by atoms with van der Waals surface area (Å²) in [5, 5.41) is 2.78. The van der Waals surface area contributed by atoms with Crippen molar-refractivity contribution in [3.05, 3.63) is 47.9 Å². The van der Waals surface area contributed by atoms with E-state index < -0.39 is 0 Å². The average molecular weight is 273 g/mol. The van der Waals surface area contributed by atoms with Crippen LogP contribution in [-0.4, -0.2) is 25.2 Å². The van der Waals surface area contributed by atoms with Gasteiger partial charge in [-0.05, 0) is 31.2 Å². The number of carbonyl (C=O) groups excluding carboxylic acids is 1. The Labute approximate surface area is 116 Å². The number of ether oxygens (including phenoxy) is 2. The molecule has 1 atom stereocenters. The standard InChI is InChI=1S/C15H15NO4/c1-10-6-7-14(19-10)15(17)16-8-11-9-18-12-4-2-3-5-13(12)20-11/h2-7,11H,8-9H2,1H3,(H,16,17)/t11-/m0/s1. The van der Waals surface area contributed by atoms with Crippen molar-refractivity contribution in [2.24, 2.45) is 0 Å². The molecule has 1 amide bonds. The molecule has 5 heteroatoms. The molecule has 5 nitrogen and oxygen atoms in total. The maximum atomic E-state index is 11.8. The van der Waals surface area contributed by atoms with Gasteiger partial charge in [-0.3, -0.25) is 4.79 Å². The quantitative estimate of drug-likeness (QED) is 0.931. The fraction of sp³-hybridized carbons (Fsp3) is 0.267. The smallest absolute Gasteiger partial charge is 0.287 e. The molecule has 20 heavy (non-hydrogen) atoms. The molecule has 0 spiro atoms. The van der Waals surface area contributed by atoms with Crippen LogP contribution in [0.2, 0.25) is 0 Å². The van der Waals surface area contributed by atoms with Crippen molar-refractivity contribution < 1.29 is 18.7 Å². The second-order valence-electron chi connectivity index (χ2n) is 4.62. The van der Waals surface area contributed by atoms with Crippen LogP contribution in [0.4, 0.5) is 0 Å². The molecule has 2 aromatic rings. The molecular formula is C15H15NO4. The predicted molar refractivity (Wildman–Crippen MR) is 72.1 cm³/mol. The maximum absolute atomic E-state index is 11.8. The summed E-state index contributed by atoms with van der Waals surface area (Å²) in [7, 11) is 0. The second kappa shape index (κ2) is 5.28. The Hall–Kier alpha value is -2.43. The highest BCUT2D eigenvalue weighted by molar-refractivity contribution is 5.91. The van der Waals surface area contributed by atoms with Crippen molar-refractivity contribution in [1.82, 2.24) is 5.32 Å². The van der Waals surface area contributed by atoms with Crippen LogP contribution in [0.1, 0.15) is 16.3 Å². The second-order valence-corrected chi connectivity index (χ2v) is 4.62. The van der Waals surface area contributed by atoms with E-state index in [4.69, 9.17) is 13.9 Å². The Bertz CT molecular complexity index is 620. The zero-order valence-corrected chi connectivity index (χ0v) is 11.1. The van der Waals surface area contributed by atoms with Gasteiger partial charge in [-0.2, -0.15) is 0 Å². The number of rotatable bonds is 3. The number of hydrogen-bond acceptors (Lipinski definition) is 4. The van der Waals surface area contributed by atoms with E-state index in [0.29, 0.717) is 30.4 Å². The number of para-hydroxylation sites is 2. The molecular weight excluding hydrogens is 258 g/mol. The molecule has 1 aliphatic heterocycles. The summed E-state index contributed by atoms with van der Waals surface area (Å²) in [5.41, 5.74) is 0. The molecule has 0 unspecified atom stereocenters. The van der Waals surface area contributed by atoms with Gasteiger partial charge >= 0.3 is 0 Å². The fourth-order valence-corrected chi connectivity index (χ4v) is 2.01. The van der Waals surface area contributed by atoms with Crippen LogP contribution < -0.4 is 14.8 Å². The number of hydrogen-bond donors (Lipinski definition) is 1. The van der Waals surface area contributed by atoms with E-state index in [1.165, 1.54) is 0 Å². The predicted octanol–water partition coefficient (Wildman–Crippen LogP) is 2.16. The van der Waals surface area contributed by atoms with Gasteiger partial charge in [0.25, 0.3) is 5.91 Å². The zero-order valence-electron chi connectivity index (χ0n) is 11.1. The van der Waals surface area contributed by atoms with Crippen LogP contribution in [0.15, 0.2) is 40.8 Å². The first-order valence-corrected chi connectivity index (χ1v) is 6.45. The summed E-state index contributed by atoms with van der Waals surface area (Å²) in [6.07, 6.45) is -0.204. The number of aryl methyl sites for hydroxylation is 1. The molecule has 0 fully saturated rings. The number of furan rings is 1. The topological polar surface area (TPSA) is 60.7 Å². The third-order valence-electron chi connectivity index (χ3n) is 3.02. The van der Waals surface area contributed by atoms with Crippen LogP contribution in [0.25, 0.3) is 0 Å². The first-order chi connectivity index (χ1) is 9.72. The minimum Gasteiger partial charge on any atom is -0.486 e. The number of nitrogens with one attached hydrogen (secondary N) is 1. The summed E-state index contributed by atoms with van der Waals surface area (Å²) in [6.45, 7) is 2.58. The highest BCUT2D eigenvalue weighted by atomic mass is 16.6. The van der Waals surface area contributed by atoms with Crippen molar-refractivity contribution in [2.45, 2.75) is 13.0 Å². The van der Waals surface area contributed by atoms with E-state index in [1.807, 2.05) is 24.3 Å². The van der Waals surface area contributed by atoms with E-state index >= 15 is 0 Å². The molecule has 0 radical (unpaired) electrons. The highest BCUT2D eigenvalue weighted by Crippen LogP contribution is 2.30. The van der Waals surface area contributed by atoms with E-state index in [-0.39, 0.29) is 12.0 Å². The average Bonchev–Trinajstić information content (AvgIpc) is 2.91. The van der Waals surface area contributed by atoms with Gasteiger partial charge in [-0.15, -0.1) is 0 Å². The molecule has 1 aliphatic rings. The van der Waals surface area contributed by atoms with Gasteiger partial charge in [0.1, 0.15) is 18.5 Å². The van der Waals surface area contributed by atoms with Crippen molar-refractivity contribution in [1.29, 1.82) is 0 Å². The van der Waals surface area contributed by atoms with E-state index in [1.54, 1.807) is 19.1 Å². The first-order valence-electron chi connectivity index (χ1n) is 6.45. The lowest BCUT2D eigenvalue weighted by Gasteiger charge is -2.26. The Kier molecular flexibility index (Phi) is 3.33. The lowest BCUT2D eigenvalue weighted by Crippen LogP contribution is -2.40. The van der Waals surface area contributed by atoms with Gasteiger partial charge in [-0.1, -0.05) is 12.1 Å². The fourth-order valence-electron chi connectivity index (χ4n) is 2.01. The van der Waals surface area contributed by atoms with Crippen LogP contribution >= 0.6 is 0 Å². The van der Waals surface area contributed by atoms with E-state index in [2.05, 4.69) is 5.32 Å². The van der Waals surface area contributed by atoms with Crippen molar-refractivity contribution in [3.8, 4) is 11.5 Å². The summed E-state index contributed by atoms with van der Waals surface area (Å²) in [4.78, 5) is 11.8. The molecule has 104 valence electrons. The first kappa shape index (κ1) is 12.6. The van der Waals surface area contributed by atoms with Gasteiger partial charge in [0.05, 0.1) is 6.54 Å². The maximum Gasteiger partial charge on any atom is 0.287 e. The van der Waals surface area contributed by atoms with Gasteiger partial charge in [0.15, 0.2) is 17.3 Å². The molecule has 0 bridgehead atoms. The van der Waals surface area contributed by atoms with Crippen LogP contribution in [0, 0.1) is 6.92 Å². The third kappa shape index (κ3) is 2.61. The summed E-state index contributed by atoms with van der Waals surface area (Å²) >= 11 is 0. The summed E-state index contributed by atoms with van der Waals surface area (Å²) < 4.78 is 16.6. The minimum atomic E-state index is -0.249. The summed E-state index contributed by atoms with van der Waals surface area (Å²) in [6, 6.07) is 10.9. The number of benzene rings is 1. The Morgan fingerprint density at radius 2 is 2.05 bits per heavy atom. The van der Waals surface area contributed by atoms with Gasteiger partial charge in [0, 0.05) is 0 Å². The number of amides is 1. The van der Waals surface area contributed by atoms with Crippen LogP contribution in [0.3, 0.4) is 0 Å². The van der Waals surface area contributed by atoms with Crippen LogP contribution in [0.5, 0.6) is 11.5 Å². The Morgan fingerprint density at radius 1 is 1.25 bits per heavy atom.